The molecular formula is C5H10F3NO2S2. The van der Waals surface area contributed by atoms with E-state index in [0.717, 1.165) is 0 Å². The van der Waals surface area contributed by atoms with Crippen LogP contribution in [0, 0.1) is 0 Å². The summed E-state index contributed by atoms with van der Waals surface area (Å²) in [4.78, 5) is 0. The Labute approximate surface area is 77.4 Å². The molecule has 0 aromatic carbocycles. The molecule has 3 nitrogen and oxygen atoms in total. The van der Waals surface area contributed by atoms with Crippen molar-refractivity contribution in [1.29, 1.82) is 0 Å². The number of sulfonamides is 1. The third-order valence-electron chi connectivity index (χ3n) is 1.12. The molecule has 0 heterocycles. The Hall–Kier alpha value is -0.0800. The average Bonchev–Trinajstić information content (AvgIpc) is 1.98. The second-order valence-corrected chi connectivity index (χ2v) is 6.03. The van der Waals surface area contributed by atoms with Crippen LogP contribution in [-0.4, -0.2) is 25.0 Å². The van der Waals surface area contributed by atoms with E-state index < -0.39 is 26.2 Å². The van der Waals surface area contributed by atoms with E-state index in [4.69, 9.17) is 0 Å². The van der Waals surface area contributed by atoms with Crippen molar-refractivity contribution in [3.05, 3.63) is 0 Å². The molecule has 0 aliphatic carbocycles. The van der Waals surface area contributed by atoms with Gasteiger partial charge in [0.15, 0.2) is 0 Å². The van der Waals surface area contributed by atoms with E-state index in [9.17, 15) is 21.6 Å². The molecule has 1 unspecified atom stereocenters. The van der Waals surface area contributed by atoms with Gasteiger partial charge in [0, 0.05) is 0 Å². The van der Waals surface area contributed by atoms with Gasteiger partial charge < -0.3 is 0 Å². The number of hydrogen-bond acceptors (Lipinski definition) is 2. The van der Waals surface area contributed by atoms with Crippen molar-refractivity contribution in [2.75, 3.05) is 5.75 Å². The molecule has 0 radical (unpaired) electrons. The first kappa shape index (κ1) is 12.9. The van der Waals surface area contributed by atoms with Gasteiger partial charge >= 0.3 is 15.5 Å². The molecule has 0 aromatic rings. The number of nitrogens with one attached hydrogen (secondary N) is 1. The fraction of sp³-hybridized carbons (Fsp3) is 0.800. The van der Waals surface area contributed by atoms with Gasteiger partial charge in [0.25, 0.3) is 0 Å². The van der Waals surface area contributed by atoms with Gasteiger partial charge in [-0.15, -0.1) is 10.7 Å². The van der Waals surface area contributed by atoms with Crippen molar-refractivity contribution in [2.45, 2.75) is 19.4 Å². The molecule has 80 valence electrons. The van der Waals surface area contributed by atoms with Crippen LogP contribution in [0.25, 0.3) is 0 Å². The van der Waals surface area contributed by atoms with Crippen LogP contribution in [0.5, 0.6) is 0 Å². The van der Waals surface area contributed by atoms with E-state index in [1.165, 1.54) is 12.3 Å². The van der Waals surface area contributed by atoms with Crippen LogP contribution < -0.4 is 4.13 Å². The Morgan fingerprint density at radius 1 is 1.46 bits per heavy atom. The van der Waals surface area contributed by atoms with Crippen LogP contribution in [0.3, 0.4) is 0 Å². The van der Waals surface area contributed by atoms with Crippen molar-refractivity contribution < 1.29 is 21.6 Å². The first-order chi connectivity index (χ1) is 5.74. The van der Waals surface area contributed by atoms with Crippen molar-refractivity contribution in [3.63, 3.8) is 0 Å². The van der Waals surface area contributed by atoms with E-state index in [-0.39, 0.29) is 0 Å². The Morgan fingerprint density at radius 2 is 1.92 bits per heavy atom. The summed E-state index contributed by atoms with van der Waals surface area (Å²) in [6.45, 7) is 3.10. The molecular weight excluding hydrogens is 227 g/mol. The number of halogens is 3. The molecule has 0 aromatic heterocycles. The molecule has 1 N–H and O–H groups in total. The Bertz CT molecular complexity index is 293. The minimum atomic E-state index is -5.23. The van der Waals surface area contributed by atoms with E-state index >= 15 is 0 Å². The van der Waals surface area contributed by atoms with Crippen LogP contribution >= 0.6 is 10.7 Å². The van der Waals surface area contributed by atoms with Gasteiger partial charge in [-0.3, -0.25) is 0 Å². The Kier molecular flexibility index (Phi) is 4.40. The van der Waals surface area contributed by atoms with Gasteiger partial charge in [0.1, 0.15) is 0 Å². The first-order valence-corrected chi connectivity index (χ1v) is 6.26. The highest BCUT2D eigenvalue weighted by Gasteiger charge is 2.45. The zero-order valence-corrected chi connectivity index (χ0v) is 8.68. The maximum atomic E-state index is 11.8. The normalized spacial score (nSPS) is 16.1. The van der Waals surface area contributed by atoms with Crippen molar-refractivity contribution in [2.24, 2.45) is 0 Å². The maximum absolute atomic E-state index is 11.8. The zero-order chi connectivity index (χ0) is 10.7. The first-order valence-electron chi connectivity index (χ1n) is 3.32. The minimum Gasteiger partial charge on any atom is -0.202 e. The molecule has 13 heavy (non-hydrogen) atoms. The molecule has 0 saturated heterocycles. The summed E-state index contributed by atoms with van der Waals surface area (Å²) in [7, 11) is -6.23. The fourth-order valence-corrected chi connectivity index (χ4v) is 3.16. The van der Waals surface area contributed by atoms with Crippen molar-refractivity contribution in [3.8, 4) is 0 Å². The summed E-state index contributed by atoms with van der Waals surface area (Å²) in [5.74, 6) is 0.311. The lowest BCUT2D eigenvalue weighted by molar-refractivity contribution is -0.0440. The summed E-state index contributed by atoms with van der Waals surface area (Å²) >= 11 is 0. The third-order valence-corrected chi connectivity index (χ3v) is 4.65. The molecule has 0 aliphatic rings. The highest BCUT2D eigenvalue weighted by atomic mass is 32.3. The molecule has 0 bridgehead atoms. The largest absolute Gasteiger partial charge is 0.512 e. The highest BCUT2D eigenvalue weighted by molar-refractivity contribution is 8.20. The maximum Gasteiger partial charge on any atom is 0.512 e. The summed E-state index contributed by atoms with van der Waals surface area (Å²) < 4.78 is 58.0. The predicted octanol–water partition coefficient (Wildman–Crippen LogP) is 1.45. The van der Waals surface area contributed by atoms with Gasteiger partial charge in [0.05, 0.1) is 0 Å². The average molecular weight is 237 g/mol. The summed E-state index contributed by atoms with van der Waals surface area (Å²) in [6, 6.07) is 0. The number of alkyl halides is 3. The second kappa shape index (κ2) is 4.43. The van der Waals surface area contributed by atoms with Gasteiger partial charge in [-0.05, 0) is 18.0 Å². The van der Waals surface area contributed by atoms with Gasteiger partial charge in [0.2, 0.25) is 0 Å². The molecule has 0 saturated carbocycles. The SMILES string of the molecule is C/C=S(\CC)NS(=O)(=O)C(F)(F)F. The minimum absolute atomic E-state index is 0.311. The summed E-state index contributed by atoms with van der Waals surface area (Å²) in [5.41, 5.74) is -5.23. The van der Waals surface area contributed by atoms with E-state index in [0.29, 0.717) is 5.75 Å². The zero-order valence-electron chi connectivity index (χ0n) is 7.05. The lowest BCUT2D eigenvalue weighted by Gasteiger charge is -2.11. The summed E-state index contributed by atoms with van der Waals surface area (Å²) in [6.07, 6.45) is 0. The van der Waals surface area contributed by atoms with Gasteiger partial charge in [-0.2, -0.15) is 17.3 Å². The Balaban J connectivity index is 4.73. The molecule has 0 amide bonds. The second-order valence-electron chi connectivity index (χ2n) is 1.99. The topological polar surface area (TPSA) is 46.2 Å². The fourth-order valence-electron chi connectivity index (χ4n) is 0.462. The van der Waals surface area contributed by atoms with Crippen molar-refractivity contribution >= 4 is 26.1 Å². The monoisotopic (exact) mass is 237 g/mol. The number of rotatable bonds is 3. The molecule has 0 rings (SSSR count). The third kappa shape index (κ3) is 3.65. The molecule has 0 aliphatic heterocycles. The van der Waals surface area contributed by atoms with Crippen LogP contribution in [0.15, 0.2) is 0 Å². The number of hydrogen-bond donors (Lipinski definition) is 1. The smallest absolute Gasteiger partial charge is 0.202 e. The highest BCUT2D eigenvalue weighted by Crippen LogP contribution is 2.24. The van der Waals surface area contributed by atoms with Gasteiger partial charge in [-0.1, -0.05) is 6.92 Å². The summed E-state index contributed by atoms with van der Waals surface area (Å²) in [5, 5.41) is 1.39. The van der Waals surface area contributed by atoms with Gasteiger partial charge in [-0.25, -0.2) is 8.42 Å². The van der Waals surface area contributed by atoms with Crippen LogP contribution in [0.2, 0.25) is 0 Å². The lowest BCUT2D eigenvalue weighted by Crippen LogP contribution is -2.33. The molecule has 0 spiro atoms. The van der Waals surface area contributed by atoms with Crippen molar-refractivity contribution in [1.82, 2.24) is 4.13 Å². The Morgan fingerprint density at radius 3 is 2.15 bits per heavy atom. The van der Waals surface area contributed by atoms with Crippen LogP contribution in [0.4, 0.5) is 13.2 Å². The van der Waals surface area contributed by atoms with Crippen LogP contribution in [-0.2, 0) is 10.0 Å². The molecule has 1 atom stereocenters. The predicted molar refractivity (Wildman–Crippen MR) is 48.0 cm³/mol. The van der Waals surface area contributed by atoms with Crippen LogP contribution in [0.1, 0.15) is 13.8 Å². The molecule has 0 fully saturated rings. The lowest BCUT2D eigenvalue weighted by atomic mass is 11.0. The van der Waals surface area contributed by atoms with E-state index in [1.54, 1.807) is 11.1 Å². The van der Waals surface area contributed by atoms with E-state index in [2.05, 4.69) is 0 Å². The molecule has 8 heteroatoms. The van der Waals surface area contributed by atoms with E-state index in [1.807, 2.05) is 0 Å². The quantitative estimate of drug-likeness (QED) is 0.755. The standard InChI is InChI=1S/C5H10F3NO2S2/c1-3-12(4-2)9-13(10,11)5(6,7)8/h3,9H,4H2,1-2H3.